The van der Waals surface area contributed by atoms with E-state index in [1.165, 1.54) is 22.4 Å². The van der Waals surface area contributed by atoms with Crippen LogP contribution in [0.25, 0.3) is 22.5 Å². The van der Waals surface area contributed by atoms with Crippen LogP contribution in [0, 0.1) is 5.92 Å². The van der Waals surface area contributed by atoms with E-state index in [9.17, 15) is 19.5 Å². The van der Waals surface area contributed by atoms with Gasteiger partial charge in [0.25, 0.3) is 5.91 Å². The van der Waals surface area contributed by atoms with Crippen molar-refractivity contribution in [1.82, 2.24) is 24.6 Å². The van der Waals surface area contributed by atoms with Gasteiger partial charge in [0, 0.05) is 42.1 Å². The van der Waals surface area contributed by atoms with Crippen molar-refractivity contribution in [2.24, 2.45) is 13.0 Å². The first-order valence-electron chi connectivity index (χ1n) is 13.3. The summed E-state index contributed by atoms with van der Waals surface area (Å²) < 4.78 is 3.17. The standard InChI is InChI=1S/C24H24N6O4S.C5H12.CH2O/c1-24(2,22(33)34)30-10-8-18(28-30)15-5-4-6-16(11-15)19-14-35-23(26-19)27-20(31)12-25-21(32)17-7-9-29(3)13-17;1-4-5(2)3;1-2/h4-11,13-14H,12H2,1-3H3,(H,25,32)(H,33,34)(H,26,27,31);5H,4H2,1-3H3;1H2. The zero-order valence-electron chi connectivity index (χ0n) is 24.7. The van der Waals surface area contributed by atoms with Crippen LogP contribution in [-0.4, -0.2) is 55.6 Å². The van der Waals surface area contributed by atoms with Crippen LogP contribution in [0.1, 0.15) is 51.4 Å². The highest BCUT2D eigenvalue weighted by Gasteiger charge is 2.30. The Morgan fingerprint density at radius 1 is 1.07 bits per heavy atom. The van der Waals surface area contributed by atoms with E-state index in [-0.39, 0.29) is 18.4 Å². The van der Waals surface area contributed by atoms with Crippen LogP contribution in [0.3, 0.4) is 0 Å². The monoisotopic (exact) mass is 594 g/mol. The molecule has 11 nitrogen and oxygen atoms in total. The molecule has 0 radical (unpaired) electrons. The summed E-state index contributed by atoms with van der Waals surface area (Å²) in [5, 5.41) is 21.4. The fourth-order valence-corrected chi connectivity index (χ4v) is 3.99. The first-order valence-corrected chi connectivity index (χ1v) is 14.1. The predicted octanol–water partition coefficient (Wildman–Crippen LogP) is 5.07. The molecule has 2 amide bonds. The Labute approximate surface area is 249 Å². The second kappa shape index (κ2) is 15.4. The van der Waals surface area contributed by atoms with E-state index in [0.29, 0.717) is 22.1 Å². The average Bonchev–Trinajstić information content (AvgIpc) is 3.75. The second-order valence-corrected chi connectivity index (χ2v) is 11.1. The van der Waals surface area contributed by atoms with Gasteiger partial charge in [-0.1, -0.05) is 45.4 Å². The molecule has 3 N–H and O–H groups in total. The lowest BCUT2D eigenvalue weighted by Crippen LogP contribution is -2.36. The van der Waals surface area contributed by atoms with Crippen LogP contribution in [0.2, 0.25) is 0 Å². The number of carbonyl (C=O) groups is 4. The predicted molar refractivity (Wildman–Crippen MR) is 164 cm³/mol. The molecule has 0 aliphatic heterocycles. The van der Waals surface area contributed by atoms with Gasteiger partial charge >= 0.3 is 5.97 Å². The minimum atomic E-state index is -1.17. The molecule has 0 aliphatic rings. The summed E-state index contributed by atoms with van der Waals surface area (Å²) in [7, 11) is 1.81. The highest BCUT2D eigenvalue weighted by Crippen LogP contribution is 2.29. The molecular weight excluding hydrogens is 556 g/mol. The highest BCUT2D eigenvalue weighted by atomic mass is 32.1. The van der Waals surface area contributed by atoms with Gasteiger partial charge in [-0.2, -0.15) is 5.10 Å². The molecule has 3 heterocycles. The molecule has 224 valence electrons. The SMILES string of the molecule is C=O.CCC(C)C.Cn1ccc(C(=O)NCC(=O)Nc2nc(-c3cccc(-c4ccn(C(C)(C)C(=O)O)n4)c3)cs2)c1. The van der Waals surface area contributed by atoms with Crippen molar-refractivity contribution in [3.63, 3.8) is 0 Å². The topological polar surface area (TPSA) is 148 Å². The number of aryl methyl sites for hydroxylation is 1. The van der Waals surface area contributed by atoms with Crippen LogP contribution in [-0.2, 0) is 27.0 Å². The van der Waals surface area contributed by atoms with Gasteiger partial charge in [0.1, 0.15) is 6.79 Å². The number of aromatic nitrogens is 4. The number of nitrogens with zero attached hydrogens (tertiary/aromatic N) is 4. The summed E-state index contributed by atoms with van der Waals surface area (Å²) in [5.74, 6) is -0.797. The summed E-state index contributed by atoms with van der Waals surface area (Å²) in [5.41, 5.74) is 2.25. The smallest absolute Gasteiger partial charge is 0.331 e. The number of carbonyl (C=O) groups excluding carboxylic acids is 3. The number of hydrogen-bond donors (Lipinski definition) is 3. The van der Waals surface area contributed by atoms with Crippen LogP contribution in [0.15, 0.2) is 60.4 Å². The maximum atomic E-state index is 12.3. The molecule has 12 heteroatoms. The van der Waals surface area contributed by atoms with Crippen molar-refractivity contribution < 1.29 is 24.3 Å². The van der Waals surface area contributed by atoms with E-state index in [4.69, 9.17) is 4.79 Å². The number of nitrogens with one attached hydrogen (secondary N) is 2. The fourth-order valence-electron chi connectivity index (χ4n) is 3.25. The molecule has 0 spiro atoms. The lowest BCUT2D eigenvalue weighted by Gasteiger charge is -2.19. The Morgan fingerprint density at radius 3 is 2.29 bits per heavy atom. The van der Waals surface area contributed by atoms with Gasteiger partial charge in [0.05, 0.1) is 23.5 Å². The molecule has 1 aromatic carbocycles. The minimum Gasteiger partial charge on any atom is -0.479 e. The summed E-state index contributed by atoms with van der Waals surface area (Å²) >= 11 is 1.27. The zero-order valence-corrected chi connectivity index (χ0v) is 25.6. The number of rotatable bonds is 9. The van der Waals surface area contributed by atoms with Crippen molar-refractivity contribution in [2.45, 2.75) is 46.6 Å². The van der Waals surface area contributed by atoms with Gasteiger partial charge in [-0.25, -0.2) is 9.78 Å². The minimum absolute atomic E-state index is 0.173. The molecule has 4 aromatic rings. The van der Waals surface area contributed by atoms with Crippen LogP contribution >= 0.6 is 11.3 Å². The average molecular weight is 595 g/mol. The number of thiazole rings is 1. The Morgan fingerprint density at radius 2 is 1.71 bits per heavy atom. The van der Waals surface area contributed by atoms with E-state index in [1.807, 2.05) is 43.5 Å². The number of carboxylic acids is 1. The highest BCUT2D eigenvalue weighted by molar-refractivity contribution is 7.14. The van der Waals surface area contributed by atoms with Gasteiger partial charge in [0.15, 0.2) is 10.7 Å². The van der Waals surface area contributed by atoms with Gasteiger partial charge in [-0.05, 0) is 38.0 Å². The molecule has 0 aliphatic carbocycles. The van der Waals surface area contributed by atoms with Crippen molar-refractivity contribution in [3.8, 4) is 22.5 Å². The molecule has 4 rings (SSSR count). The molecule has 0 bridgehead atoms. The maximum Gasteiger partial charge on any atom is 0.331 e. The summed E-state index contributed by atoms with van der Waals surface area (Å²) in [6, 6.07) is 11.0. The van der Waals surface area contributed by atoms with Crippen LogP contribution in [0.5, 0.6) is 0 Å². The van der Waals surface area contributed by atoms with E-state index >= 15 is 0 Å². The van der Waals surface area contributed by atoms with Crippen molar-refractivity contribution in [2.75, 3.05) is 11.9 Å². The Kier molecular flexibility index (Phi) is 12.4. The third-order valence-corrected chi connectivity index (χ3v) is 6.97. The fraction of sp³-hybridized carbons (Fsp3) is 0.333. The molecule has 3 aromatic heterocycles. The normalized spacial score (nSPS) is 10.6. The third kappa shape index (κ3) is 9.23. The molecule has 42 heavy (non-hydrogen) atoms. The number of anilines is 1. The molecule has 0 saturated heterocycles. The van der Waals surface area contributed by atoms with Gasteiger partial charge in [-0.15, -0.1) is 11.3 Å². The van der Waals surface area contributed by atoms with Gasteiger partial charge in [-0.3, -0.25) is 14.3 Å². The quantitative estimate of drug-likeness (QED) is 0.245. The lowest BCUT2D eigenvalue weighted by atomic mass is 10.1. The Bertz CT molecular complexity index is 1490. The van der Waals surface area contributed by atoms with Crippen molar-refractivity contribution in [1.29, 1.82) is 0 Å². The lowest BCUT2D eigenvalue weighted by molar-refractivity contribution is -0.146. The van der Waals surface area contributed by atoms with Crippen molar-refractivity contribution >= 4 is 41.0 Å². The van der Waals surface area contributed by atoms with Crippen LogP contribution < -0.4 is 10.6 Å². The zero-order chi connectivity index (χ0) is 31.4. The summed E-state index contributed by atoms with van der Waals surface area (Å²) in [6.07, 6.45) is 6.37. The number of aliphatic carboxylic acids is 1. The molecule has 0 unspecified atom stereocenters. The second-order valence-electron chi connectivity index (χ2n) is 10.2. The van der Waals surface area contributed by atoms with Crippen LogP contribution in [0.4, 0.5) is 5.13 Å². The first kappa shape index (κ1) is 33.6. The molecule has 0 atom stereocenters. The first-order chi connectivity index (χ1) is 19.9. The molecular formula is C30H38N6O5S. The Balaban J connectivity index is 0.000000797. The van der Waals surface area contributed by atoms with Gasteiger partial charge < -0.3 is 25.1 Å². The van der Waals surface area contributed by atoms with E-state index in [1.54, 1.807) is 49.1 Å². The number of amides is 2. The summed E-state index contributed by atoms with van der Waals surface area (Å²) in [4.78, 5) is 48.3. The third-order valence-electron chi connectivity index (χ3n) is 6.21. The Hall–Kier alpha value is -4.58. The molecule has 0 saturated carbocycles. The van der Waals surface area contributed by atoms with E-state index in [0.717, 1.165) is 17.0 Å². The number of carboxylic acid groups (broad SMARTS) is 1. The molecule has 0 fully saturated rings. The van der Waals surface area contributed by atoms with Crippen molar-refractivity contribution in [3.05, 3.63) is 65.9 Å². The maximum absolute atomic E-state index is 12.3. The summed E-state index contributed by atoms with van der Waals surface area (Å²) in [6.45, 7) is 11.6. The number of benzene rings is 1. The number of hydrogen-bond acceptors (Lipinski definition) is 7. The van der Waals surface area contributed by atoms with Gasteiger partial charge in [0.2, 0.25) is 5.91 Å². The van der Waals surface area contributed by atoms with E-state index < -0.39 is 11.5 Å². The largest absolute Gasteiger partial charge is 0.479 e. The van der Waals surface area contributed by atoms with E-state index in [2.05, 4.69) is 41.5 Å².